The van der Waals surface area contributed by atoms with Crippen molar-refractivity contribution in [2.45, 2.75) is 17.7 Å². The number of ether oxygens (including phenoxy) is 1. The van der Waals surface area contributed by atoms with Gasteiger partial charge in [-0.2, -0.15) is 0 Å². The zero-order valence-electron chi connectivity index (χ0n) is 14.8. The van der Waals surface area contributed by atoms with E-state index in [2.05, 4.69) is 4.98 Å². The van der Waals surface area contributed by atoms with Gasteiger partial charge in [0.05, 0.1) is 28.0 Å². The van der Waals surface area contributed by atoms with E-state index in [-0.39, 0.29) is 11.8 Å². The highest BCUT2D eigenvalue weighted by molar-refractivity contribution is 8.01. The molecule has 0 saturated carbocycles. The minimum absolute atomic E-state index is 0.191. The highest BCUT2D eigenvalue weighted by atomic mass is 32.2. The Labute approximate surface area is 165 Å². The van der Waals surface area contributed by atoms with Crippen molar-refractivity contribution < 1.29 is 14.3 Å². The number of nitrogens with zero attached hydrogens (tertiary/aromatic N) is 2. The number of rotatable bonds is 7. The Morgan fingerprint density at radius 1 is 1.11 bits per heavy atom. The highest BCUT2D eigenvalue weighted by Gasteiger charge is 2.34. The summed E-state index contributed by atoms with van der Waals surface area (Å²) in [5.74, 6) is 1.27. The first kappa shape index (κ1) is 18.0. The molecule has 27 heavy (non-hydrogen) atoms. The number of amides is 2. The van der Waals surface area contributed by atoms with Crippen LogP contribution in [0.25, 0.3) is 10.2 Å². The first-order chi connectivity index (χ1) is 13.2. The van der Waals surface area contributed by atoms with Crippen molar-refractivity contribution in [2.75, 3.05) is 18.9 Å². The number of aromatic nitrogens is 1. The maximum Gasteiger partial charge on any atom is 0.261 e. The summed E-state index contributed by atoms with van der Waals surface area (Å²) < 4.78 is 7.62. The summed E-state index contributed by atoms with van der Waals surface area (Å²) in [7, 11) is 0. The number of benzene rings is 2. The molecule has 0 aliphatic carbocycles. The van der Waals surface area contributed by atoms with Crippen LogP contribution in [0.4, 0.5) is 0 Å². The van der Waals surface area contributed by atoms with Gasteiger partial charge in [-0.15, -0.1) is 11.3 Å². The van der Waals surface area contributed by atoms with E-state index in [9.17, 15) is 9.59 Å². The van der Waals surface area contributed by atoms with Gasteiger partial charge in [0, 0.05) is 12.3 Å². The van der Waals surface area contributed by atoms with Crippen molar-refractivity contribution >= 4 is 45.1 Å². The summed E-state index contributed by atoms with van der Waals surface area (Å²) >= 11 is 3.29. The van der Waals surface area contributed by atoms with Gasteiger partial charge < -0.3 is 4.74 Å². The van der Waals surface area contributed by atoms with Crippen molar-refractivity contribution in [3.05, 3.63) is 53.6 Å². The van der Waals surface area contributed by atoms with E-state index < -0.39 is 0 Å². The summed E-state index contributed by atoms with van der Waals surface area (Å²) in [6.45, 7) is 3.04. The third kappa shape index (κ3) is 3.57. The lowest BCUT2D eigenvalue weighted by Gasteiger charge is -2.12. The largest absolute Gasteiger partial charge is 0.494 e. The van der Waals surface area contributed by atoms with Gasteiger partial charge in [0.15, 0.2) is 4.34 Å². The molecule has 1 aromatic heterocycles. The van der Waals surface area contributed by atoms with Crippen LogP contribution in [0.2, 0.25) is 0 Å². The Hall–Kier alpha value is -2.38. The number of fused-ring (bicyclic) bond motifs is 2. The van der Waals surface area contributed by atoms with Gasteiger partial charge in [0.25, 0.3) is 11.8 Å². The monoisotopic (exact) mass is 398 g/mol. The topological polar surface area (TPSA) is 59.5 Å². The number of imide groups is 1. The van der Waals surface area contributed by atoms with Crippen molar-refractivity contribution in [3.63, 3.8) is 0 Å². The maximum atomic E-state index is 12.4. The SMILES string of the molecule is CCOc1ccc2nc(SCCCN3C(=O)c4ccccc4C3=O)sc2c1. The van der Waals surface area contributed by atoms with Gasteiger partial charge in [-0.05, 0) is 43.7 Å². The van der Waals surface area contributed by atoms with Crippen LogP contribution in [0, 0.1) is 0 Å². The van der Waals surface area contributed by atoms with Crippen LogP contribution in [0.5, 0.6) is 5.75 Å². The van der Waals surface area contributed by atoms with E-state index in [0.717, 1.165) is 32.5 Å². The van der Waals surface area contributed by atoms with Crippen LogP contribution in [-0.4, -0.2) is 40.6 Å². The molecule has 0 N–H and O–H groups in total. The first-order valence-electron chi connectivity index (χ1n) is 8.79. The Balaban J connectivity index is 1.34. The molecule has 4 rings (SSSR count). The molecular formula is C20H18N2O3S2. The molecule has 0 saturated heterocycles. The second kappa shape index (κ2) is 7.70. The number of carbonyl (C=O) groups excluding carboxylic acids is 2. The Kier molecular flexibility index (Phi) is 5.13. The highest BCUT2D eigenvalue weighted by Crippen LogP contribution is 2.32. The summed E-state index contributed by atoms with van der Waals surface area (Å²) in [6, 6.07) is 12.9. The first-order valence-corrected chi connectivity index (χ1v) is 10.6. The molecule has 2 heterocycles. The molecule has 0 unspecified atom stereocenters. The molecule has 138 valence electrons. The molecule has 2 aromatic carbocycles. The van der Waals surface area contributed by atoms with Crippen LogP contribution in [0.15, 0.2) is 46.8 Å². The van der Waals surface area contributed by atoms with Gasteiger partial charge in [0.2, 0.25) is 0 Å². The minimum Gasteiger partial charge on any atom is -0.494 e. The fourth-order valence-corrected chi connectivity index (χ4v) is 5.12. The minimum atomic E-state index is -0.191. The fraction of sp³-hybridized carbons (Fsp3) is 0.250. The predicted octanol–water partition coefficient (Wildman–Crippen LogP) is 4.47. The van der Waals surface area contributed by atoms with Gasteiger partial charge in [0.1, 0.15) is 5.75 Å². The molecule has 0 fully saturated rings. The molecular weight excluding hydrogens is 380 g/mol. The zero-order valence-corrected chi connectivity index (χ0v) is 16.4. The second-order valence-corrected chi connectivity index (χ2v) is 8.42. The number of hydrogen-bond donors (Lipinski definition) is 0. The van der Waals surface area contributed by atoms with Crippen molar-refractivity contribution in [3.8, 4) is 5.75 Å². The second-order valence-electron chi connectivity index (χ2n) is 6.05. The Morgan fingerprint density at radius 3 is 2.56 bits per heavy atom. The van der Waals surface area contributed by atoms with E-state index in [1.54, 1.807) is 47.4 Å². The van der Waals surface area contributed by atoms with E-state index in [0.29, 0.717) is 24.3 Å². The third-order valence-corrected chi connectivity index (χ3v) is 6.53. The number of carbonyl (C=O) groups is 2. The molecule has 5 nitrogen and oxygen atoms in total. The van der Waals surface area contributed by atoms with Gasteiger partial charge in [-0.1, -0.05) is 23.9 Å². The summed E-state index contributed by atoms with van der Waals surface area (Å²) in [4.78, 5) is 30.7. The molecule has 7 heteroatoms. The van der Waals surface area contributed by atoms with Crippen LogP contribution >= 0.6 is 23.1 Å². The van der Waals surface area contributed by atoms with E-state index >= 15 is 0 Å². The van der Waals surface area contributed by atoms with Gasteiger partial charge in [-0.25, -0.2) is 4.98 Å². The summed E-state index contributed by atoms with van der Waals surface area (Å²) in [5, 5.41) is 0. The standard InChI is InChI=1S/C20H18N2O3S2/c1-2-25-13-8-9-16-17(12-13)27-20(21-16)26-11-5-10-22-18(23)14-6-3-4-7-15(14)19(22)24/h3-4,6-9,12H,2,5,10-11H2,1H3. The molecule has 0 bridgehead atoms. The number of thioether (sulfide) groups is 1. The third-order valence-electron chi connectivity index (χ3n) is 4.28. The lowest BCUT2D eigenvalue weighted by molar-refractivity contribution is 0.0655. The summed E-state index contributed by atoms with van der Waals surface area (Å²) in [5.41, 5.74) is 1.98. The van der Waals surface area contributed by atoms with Crippen LogP contribution in [0.1, 0.15) is 34.1 Å². The Morgan fingerprint density at radius 2 is 1.85 bits per heavy atom. The smallest absolute Gasteiger partial charge is 0.261 e. The molecule has 1 aliphatic heterocycles. The molecule has 1 aliphatic rings. The lowest BCUT2D eigenvalue weighted by atomic mass is 10.1. The van der Waals surface area contributed by atoms with E-state index in [1.807, 2.05) is 25.1 Å². The fourth-order valence-electron chi connectivity index (χ4n) is 3.03. The average Bonchev–Trinajstić information content (AvgIpc) is 3.19. The van der Waals surface area contributed by atoms with E-state index in [1.165, 1.54) is 4.90 Å². The maximum absolute atomic E-state index is 12.4. The Bertz CT molecular complexity index is 980. The van der Waals surface area contributed by atoms with Crippen molar-refractivity contribution in [2.24, 2.45) is 0 Å². The molecule has 0 radical (unpaired) electrons. The van der Waals surface area contributed by atoms with Gasteiger partial charge in [-0.3, -0.25) is 14.5 Å². The van der Waals surface area contributed by atoms with Crippen LogP contribution < -0.4 is 4.74 Å². The molecule has 0 atom stereocenters. The number of thiazole rings is 1. The van der Waals surface area contributed by atoms with Crippen LogP contribution in [-0.2, 0) is 0 Å². The summed E-state index contributed by atoms with van der Waals surface area (Å²) in [6.07, 6.45) is 0.732. The predicted molar refractivity (Wildman–Crippen MR) is 108 cm³/mol. The molecule has 0 spiro atoms. The molecule has 2 amide bonds. The lowest BCUT2D eigenvalue weighted by Crippen LogP contribution is -2.30. The van der Waals surface area contributed by atoms with Crippen LogP contribution in [0.3, 0.4) is 0 Å². The average molecular weight is 399 g/mol. The van der Waals surface area contributed by atoms with Crippen molar-refractivity contribution in [1.82, 2.24) is 9.88 Å². The normalized spacial score (nSPS) is 13.4. The number of hydrogen-bond acceptors (Lipinski definition) is 6. The quantitative estimate of drug-likeness (QED) is 0.334. The van der Waals surface area contributed by atoms with Crippen molar-refractivity contribution in [1.29, 1.82) is 0 Å². The molecule has 3 aromatic rings. The van der Waals surface area contributed by atoms with E-state index in [4.69, 9.17) is 4.74 Å². The zero-order chi connectivity index (χ0) is 18.8. The van der Waals surface area contributed by atoms with Gasteiger partial charge >= 0.3 is 0 Å².